The molecule has 0 saturated carbocycles. The van der Waals surface area contributed by atoms with Crippen molar-refractivity contribution in [3.8, 4) is 0 Å². The number of nitrogens with zero attached hydrogens (tertiary/aromatic N) is 1. The Morgan fingerprint density at radius 1 is 1.67 bits per heavy atom. The molecular weight excluding hydrogens is 122 g/mol. The van der Waals surface area contributed by atoms with Crippen LogP contribution >= 0.6 is 0 Å². The zero-order valence-electron chi connectivity index (χ0n) is 4.92. The molecule has 0 aliphatic rings. The van der Waals surface area contributed by atoms with Crippen LogP contribution in [0.15, 0.2) is 4.99 Å². The van der Waals surface area contributed by atoms with Crippen molar-refractivity contribution >= 4 is 18.3 Å². The lowest BCUT2D eigenvalue weighted by molar-refractivity contribution is 0.237. The number of primary amides is 1. The fraction of sp³-hybridized carbons (Fsp3) is 0.250. The van der Waals surface area contributed by atoms with Gasteiger partial charge in [-0.05, 0) is 6.92 Å². The standard InChI is InChI=1S/C4H7N3O2/c1-2-6-4(9)7-3(5)8/h2H,1H3,(H3,5,7,8,9)/b6-2+. The number of imide groups is 1. The van der Waals surface area contributed by atoms with Crippen molar-refractivity contribution in [2.75, 3.05) is 0 Å². The molecule has 0 aromatic carbocycles. The maximum atomic E-state index is 10.2. The van der Waals surface area contributed by atoms with E-state index in [0.717, 1.165) is 0 Å². The van der Waals surface area contributed by atoms with E-state index in [0.29, 0.717) is 0 Å². The Hall–Kier alpha value is -1.39. The van der Waals surface area contributed by atoms with E-state index in [1.807, 2.05) is 0 Å². The zero-order valence-corrected chi connectivity index (χ0v) is 4.92. The van der Waals surface area contributed by atoms with E-state index in [4.69, 9.17) is 0 Å². The maximum absolute atomic E-state index is 10.2. The number of carbonyl (C=O) groups is 2. The van der Waals surface area contributed by atoms with Gasteiger partial charge >= 0.3 is 12.1 Å². The van der Waals surface area contributed by atoms with Gasteiger partial charge in [0.15, 0.2) is 0 Å². The van der Waals surface area contributed by atoms with Crippen LogP contribution in [0.5, 0.6) is 0 Å². The summed E-state index contributed by atoms with van der Waals surface area (Å²) in [6.07, 6.45) is 1.26. The molecule has 0 atom stereocenters. The second-order valence-corrected chi connectivity index (χ2v) is 1.18. The van der Waals surface area contributed by atoms with Crippen molar-refractivity contribution in [3.05, 3.63) is 0 Å². The summed E-state index contributed by atoms with van der Waals surface area (Å²) in [5, 5.41) is 1.75. The molecule has 0 heterocycles. The molecule has 0 aliphatic heterocycles. The maximum Gasteiger partial charge on any atom is 0.348 e. The number of nitrogens with one attached hydrogen (secondary N) is 1. The molecule has 0 bridgehead atoms. The predicted molar refractivity (Wildman–Crippen MR) is 32.3 cm³/mol. The highest BCUT2D eigenvalue weighted by atomic mass is 16.2. The third-order valence-corrected chi connectivity index (χ3v) is 0.476. The lowest BCUT2D eigenvalue weighted by Gasteiger charge is -1.89. The second kappa shape index (κ2) is 3.59. The highest BCUT2D eigenvalue weighted by Crippen LogP contribution is 1.69. The summed E-state index contributed by atoms with van der Waals surface area (Å²) in [5.74, 6) is 0. The zero-order chi connectivity index (χ0) is 7.28. The number of carbonyl (C=O) groups excluding carboxylic acids is 2. The van der Waals surface area contributed by atoms with Crippen LogP contribution in [0.1, 0.15) is 6.92 Å². The fourth-order valence-corrected chi connectivity index (χ4v) is 0.255. The van der Waals surface area contributed by atoms with Gasteiger partial charge in [-0.15, -0.1) is 0 Å². The van der Waals surface area contributed by atoms with Crippen molar-refractivity contribution in [1.82, 2.24) is 5.32 Å². The number of rotatable bonds is 0. The van der Waals surface area contributed by atoms with Gasteiger partial charge in [-0.3, -0.25) is 5.32 Å². The molecule has 50 valence electrons. The lowest BCUT2D eigenvalue weighted by atomic mass is 10.8. The van der Waals surface area contributed by atoms with Crippen LogP contribution in [0.2, 0.25) is 0 Å². The Kier molecular flexibility index (Phi) is 3.04. The van der Waals surface area contributed by atoms with Gasteiger partial charge in [-0.1, -0.05) is 0 Å². The highest BCUT2D eigenvalue weighted by Gasteiger charge is 1.96. The average Bonchev–Trinajstić information content (AvgIpc) is 1.63. The van der Waals surface area contributed by atoms with E-state index in [9.17, 15) is 9.59 Å². The summed E-state index contributed by atoms with van der Waals surface area (Å²) in [7, 11) is 0. The van der Waals surface area contributed by atoms with Crippen LogP contribution in [0.4, 0.5) is 9.59 Å². The molecule has 0 radical (unpaired) electrons. The van der Waals surface area contributed by atoms with E-state index in [-0.39, 0.29) is 0 Å². The number of amides is 4. The summed E-state index contributed by atoms with van der Waals surface area (Å²) < 4.78 is 0. The Labute approximate surface area is 51.9 Å². The van der Waals surface area contributed by atoms with Crippen LogP contribution < -0.4 is 11.1 Å². The van der Waals surface area contributed by atoms with Crippen molar-refractivity contribution in [2.24, 2.45) is 10.7 Å². The summed E-state index contributed by atoms with van der Waals surface area (Å²) in [5.41, 5.74) is 4.58. The Morgan fingerprint density at radius 2 is 2.22 bits per heavy atom. The molecule has 0 aromatic rings. The van der Waals surface area contributed by atoms with Gasteiger partial charge in [0.2, 0.25) is 0 Å². The van der Waals surface area contributed by atoms with Crippen LogP contribution in [0.25, 0.3) is 0 Å². The minimum absolute atomic E-state index is 0.745. The molecule has 9 heavy (non-hydrogen) atoms. The topological polar surface area (TPSA) is 84.6 Å². The number of hydrogen-bond donors (Lipinski definition) is 2. The Morgan fingerprint density at radius 3 is 2.56 bits per heavy atom. The fourth-order valence-electron chi connectivity index (χ4n) is 0.255. The quantitative estimate of drug-likeness (QED) is 0.446. The first-order chi connectivity index (χ1) is 4.16. The van der Waals surface area contributed by atoms with E-state index in [1.165, 1.54) is 6.21 Å². The summed E-state index contributed by atoms with van der Waals surface area (Å²) in [6, 6.07) is -1.64. The van der Waals surface area contributed by atoms with Crippen LogP contribution in [-0.4, -0.2) is 18.3 Å². The molecule has 0 fully saturated rings. The van der Waals surface area contributed by atoms with Gasteiger partial charge in [-0.25, -0.2) is 14.6 Å². The Balaban J connectivity index is 3.64. The minimum atomic E-state index is -0.898. The van der Waals surface area contributed by atoms with Crippen molar-refractivity contribution < 1.29 is 9.59 Å². The van der Waals surface area contributed by atoms with Crippen LogP contribution in [0, 0.1) is 0 Å². The van der Waals surface area contributed by atoms with Gasteiger partial charge in [-0.2, -0.15) is 0 Å². The molecule has 0 saturated heterocycles. The van der Waals surface area contributed by atoms with E-state index >= 15 is 0 Å². The van der Waals surface area contributed by atoms with Gasteiger partial charge in [0.1, 0.15) is 0 Å². The lowest BCUT2D eigenvalue weighted by Crippen LogP contribution is -2.32. The average molecular weight is 129 g/mol. The Bertz CT molecular complexity index is 152. The normalized spacial score (nSPS) is 9.44. The van der Waals surface area contributed by atoms with Gasteiger partial charge < -0.3 is 5.73 Å². The van der Waals surface area contributed by atoms with Gasteiger partial charge in [0.25, 0.3) is 0 Å². The predicted octanol–water partition coefficient (Wildman–Crippen LogP) is -0.135. The summed E-state index contributed by atoms with van der Waals surface area (Å²) in [6.45, 7) is 1.56. The molecule has 3 N–H and O–H groups in total. The monoisotopic (exact) mass is 129 g/mol. The summed E-state index contributed by atoms with van der Waals surface area (Å²) >= 11 is 0. The molecule has 0 aromatic heterocycles. The SMILES string of the molecule is C/C=N/C(=O)NC(N)=O. The molecular formula is C4H7N3O2. The first kappa shape index (κ1) is 7.61. The second-order valence-electron chi connectivity index (χ2n) is 1.18. The first-order valence-corrected chi connectivity index (χ1v) is 2.26. The van der Waals surface area contributed by atoms with Crippen molar-refractivity contribution in [2.45, 2.75) is 6.92 Å². The molecule has 0 aliphatic carbocycles. The van der Waals surface area contributed by atoms with E-state index in [2.05, 4.69) is 10.7 Å². The largest absolute Gasteiger partial charge is 0.351 e. The highest BCUT2D eigenvalue weighted by molar-refractivity contribution is 5.95. The van der Waals surface area contributed by atoms with Gasteiger partial charge in [0, 0.05) is 6.21 Å². The van der Waals surface area contributed by atoms with E-state index in [1.54, 1.807) is 12.2 Å². The van der Waals surface area contributed by atoms with Crippen molar-refractivity contribution in [3.63, 3.8) is 0 Å². The van der Waals surface area contributed by atoms with E-state index < -0.39 is 12.1 Å². The molecule has 4 amide bonds. The van der Waals surface area contributed by atoms with Crippen LogP contribution in [-0.2, 0) is 0 Å². The van der Waals surface area contributed by atoms with Gasteiger partial charge in [0.05, 0.1) is 0 Å². The number of urea groups is 2. The molecule has 0 unspecified atom stereocenters. The third kappa shape index (κ3) is 4.46. The van der Waals surface area contributed by atoms with Crippen molar-refractivity contribution in [1.29, 1.82) is 0 Å². The molecule has 0 rings (SSSR count). The molecule has 0 spiro atoms. The summed E-state index contributed by atoms with van der Waals surface area (Å²) in [4.78, 5) is 23.3. The molecule has 5 nitrogen and oxygen atoms in total. The minimum Gasteiger partial charge on any atom is -0.351 e. The smallest absolute Gasteiger partial charge is 0.348 e. The number of hydrogen-bond acceptors (Lipinski definition) is 2. The first-order valence-electron chi connectivity index (χ1n) is 2.26. The van der Waals surface area contributed by atoms with Crippen LogP contribution in [0.3, 0.4) is 0 Å². The number of nitrogens with two attached hydrogens (primary N) is 1. The molecule has 5 heteroatoms. The third-order valence-electron chi connectivity index (χ3n) is 0.476. The number of aliphatic imine (C=N–C) groups is 1.